The van der Waals surface area contributed by atoms with Gasteiger partial charge >= 0.3 is 0 Å². The van der Waals surface area contributed by atoms with Gasteiger partial charge in [0, 0.05) is 44.4 Å². The number of nitrogens with zero attached hydrogens (tertiary/aromatic N) is 3. The highest BCUT2D eigenvalue weighted by Crippen LogP contribution is 2.36. The number of aryl methyl sites for hydroxylation is 1. The van der Waals surface area contributed by atoms with Gasteiger partial charge in [-0.15, -0.1) is 0 Å². The molecule has 0 radical (unpaired) electrons. The average Bonchev–Trinajstić information content (AvgIpc) is 3.55. The van der Waals surface area contributed by atoms with E-state index in [4.69, 9.17) is 9.47 Å². The number of carbonyl (C=O) groups excluding carboxylic acids is 1. The summed E-state index contributed by atoms with van der Waals surface area (Å²) in [6, 6.07) is 7.97. The highest BCUT2D eigenvalue weighted by molar-refractivity contribution is 5.79. The molecule has 3 N–H and O–H groups in total. The fraction of sp³-hybridized carbons (Fsp3) is 0.621. The number of anilines is 2. The number of hydrogen-bond donors (Lipinski definition) is 3. The van der Waals surface area contributed by atoms with E-state index in [0.717, 1.165) is 76.2 Å². The van der Waals surface area contributed by atoms with Crippen LogP contribution in [-0.2, 0) is 16.0 Å². The van der Waals surface area contributed by atoms with E-state index in [9.17, 15) is 9.90 Å². The van der Waals surface area contributed by atoms with Crippen LogP contribution in [0.3, 0.4) is 0 Å². The van der Waals surface area contributed by atoms with Crippen LogP contribution in [0.15, 0.2) is 30.5 Å². The number of rotatable bonds is 13. The summed E-state index contributed by atoms with van der Waals surface area (Å²) in [5.74, 6) is 2.08. The third kappa shape index (κ3) is 8.04. The quantitative estimate of drug-likeness (QED) is 0.355. The summed E-state index contributed by atoms with van der Waals surface area (Å²) >= 11 is 0. The van der Waals surface area contributed by atoms with Gasteiger partial charge < -0.3 is 25.2 Å². The van der Waals surface area contributed by atoms with Crippen LogP contribution in [0.1, 0.15) is 58.1 Å². The van der Waals surface area contributed by atoms with Gasteiger partial charge in [0.15, 0.2) is 5.75 Å². The lowest BCUT2D eigenvalue weighted by Crippen LogP contribution is -2.37. The molecule has 3 atom stereocenters. The number of aromatic nitrogens is 2. The maximum Gasteiger partial charge on any atom is 0.227 e. The number of nitrogens with one attached hydrogen (secondary N) is 2. The van der Waals surface area contributed by atoms with Crippen molar-refractivity contribution in [3.8, 4) is 11.5 Å². The Morgan fingerprint density at radius 1 is 1.21 bits per heavy atom. The first-order valence-electron chi connectivity index (χ1n) is 14.0. The third-order valence-electron chi connectivity index (χ3n) is 7.51. The van der Waals surface area contributed by atoms with Crippen molar-refractivity contribution in [2.24, 2.45) is 11.8 Å². The van der Waals surface area contributed by atoms with E-state index in [1.54, 1.807) is 7.11 Å². The fourth-order valence-electron chi connectivity index (χ4n) is 5.56. The minimum atomic E-state index is 0.101. The summed E-state index contributed by atoms with van der Waals surface area (Å²) in [7, 11) is 1.73. The molecule has 1 aliphatic heterocycles. The lowest BCUT2D eigenvalue weighted by atomic mass is 9.90. The number of aromatic hydroxyl groups is 1. The number of methoxy groups -OCH3 is 1. The summed E-state index contributed by atoms with van der Waals surface area (Å²) in [5, 5.41) is 16.6. The molecule has 2 fully saturated rings. The van der Waals surface area contributed by atoms with Crippen LogP contribution in [0, 0.1) is 11.8 Å². The van der Waals surface area contributed by atoms with Crippen molar-refractivity contribution >= 4 is 17.5 Å². The molecule has 2 unspecified atom stereocenters. The summed E-state index contributed by atoms with van der Waals surface area (Å²) in [6.07, 6.45) is 8.28. The van der Waals surface area contributed by atoms with Gasteiger partial charge in [-0.25, -0.2) is 9.97 Å². The Morgan fingerprint density at radius 2 is 2.03 bits per heavy atom. The molecule has 38 heavy (non-hydrogen) atoms. The molecule has 1 aliphatic carbocycles. The van der Waals surface area contributed by atoms with Crippen molar-refractivity contribution in [2.75, 3.05) is 38.7 Å². The number of amides is 1. The van der Waals surface area contributed by atoms with E-state index in [1.807, 2.05) is 38.1 Å². The summed E-state index contributed by atoms with van der Waals surface area (Å²) in [5.41, 5.74) is 1.48. The Balaban J connectivity index is 1.26. The Kier molecular flexibility index (Phi) is 10.2. The van der Waals surface area contributed by atoms with Crippen LogP contribution in [0.4, 0.5) is 11.6 Å². The van der Waals surface area contributed by atoms with Crippen molar-refractivity contribution < 1.29 is 19.4 Å². The minimum absolute atomic E-state index is 0.101. The molecule has 2 heterocycles. The normalized spacial score (nSPS) is 21.6. The molecule has 0 spiro atoms. The third-order valence-corrected chi connectivity index (χ3v) is 7.51. The minimum Gasteiger partial charge on any atom is -0.504 e. The molecule has 1 aromatic heterocycles. The van der Waals surface area contributed by atoms with E-state index in [-0.39, 0.29) is 29.7 Å². The van der Waals surface area contributed by atoms with E-state index in [2.05, 4.69) is 25.5 Å². The molecule has 4 rings (SSSR count). The Morgan fingerprint density at radius 3 is 2.79 bits per heavy atom. The highest BCUT2D eigenvalue weighted by Gasteiger charge is 2.32. The van der Waals surface area contributed by atoms with E-state index in [1.165, 1.54) is 6.20 Å². The summed E-state index contributed by atoms with van der Waals surface area (Å²) < 4.78 is 11.3. The van der Waals surface area contributed by atoms with Gasteiger partial charge in [-0.2, -0.15) is 0 Å². The first kappa shape index (κ1) is 28.1. The lowest BCUT2D eigenvalue weighted by Gasteiger charge is -2.20. The Bertz CT molecular complexity index is 1030. The second-order valence-corrected chi connectivity index (χ2v) is 10.8. The van der Waals surface area contributed by atoms with Gasteiger partial charge in [-0.3, -0.25) is 9.69 Å². The van der Waals surface area contributed by atoms with Crippen molar-refractivity contribution in [2.45, 2.75) is 70.9 Å². The maximum absolute atomic E-state index is 12.5. The van der Waals surface area contributed by atoms with Gasteiger partial charge in [-0.05, 0) is 82.6 Å². The number of likely N-dealkylation sites (tertiary alicyclic amines) is 1. The van der Waals surface area contributed by atoms with E-state index in [0.29, 0.717) is 24.0 Å². The second kappa shape index (κ2) is 13.8. The highest BCUT2D eigenvalue weighted by atomic mass is 16.5. The number of ether oxygens (including phenoxy) is 2. The van der Waals surface area contributed by atoms with Crippen molar-refractivity contribution in [1.82, 2.24) is 20.2 Å². The van der Waals surface area contributed by atoms with E-state index >= 15 is 0 Å². The van der Waals surface area contributed by atoms with E-state index < -0.39 is 0 Å². The monoisotopic (exact) mass is 525 g/mol. The van der Waals surface area contributed by atoms with Crippen LogP contribution in [0.25, 0.3) is 0 Å². The molecule has 9 nitrogen and oxygen atoms in total. The molecule has 2 aromatic rings. The Hall–Kier alpha value is -2.91. The second-order valence-electron chi connectivity index (χ2n) is 10.8. The van der Waals surface area contributed by atoms with Gasteiger partial charge in [0.2, 0.25) is 11.9 Å². The molecule has 1 saturated carbocycles. The molecule has 0 bridgehead atoms. The van der Waals surface area contributed by atoms with Crippen LogP contribution in [0.5, 0.6) is 11.5 Å². The van der Waals surface area contributed by atoms with Crippen LogP contribution < -0.4 is 15.4 Å². The van der Waals surface area contributed by atoms with Gasteiger partial charge in [0.1, 0.15) is 11.9 Å². The van der Waals surface area contributed by atoms with Crippen LogP contribution in [-0.4, -0.2) is 71.4 Å². The zero-order valence-electron chi connectivity index (χ0n) is 23.0. The molecular formula is C29H43N5O4. The molecule has 1 aromatic carbocycles. The zero-order valence-corrected chi connectivity index (χ0v) is 23.0. The van der Waals surface area contributed by atoms with Gasteiger partial charge in [0.05, 0.1) is 18.5 Å². The smallest absolute Gasteiger partial charge is 0.227 e. The topological polar surface area (TPSA) is 109 Å². The molecule has 2 aliphatic rings. The molecule has 9 heteroatoms. The van der Waals surface area contributed by atoms with Gasteiger partial charge in [-0.1, -0.05) is 6.42 Å². The molecule has 208 valence electrons. The molecule has 1 amide bonds. The van der Waals surface area contributed by atoms with Crippen molar-refractivity contribution in [3.05, 3.63) is 36.2 Å². The predicted octanol–water partition coefficient (Wildman–Crippen LogP) is 4.29. The maximum atomic E-state index is 12.5. The van der Waals surface area contributed by atoms with Crippen LogP contribution >= 0.6 is 0 Å². The Labute approximate surface area is 226 Å². The van der Waals surface area contributed by atoms with Crippen molar-refractivity contribution in [1.29, 1.82) is 0 Å². The summed E-state index contributed by atoms with van der Waals surface area (Å²) in [6.45, 7) is 7.63. The molecule has 1 saturated heterocycles. The first-order chi connectivity index (χ1) is 18.4. The standard InChI is InChI=1S/C29H43N5O4/c1-20(2)31-28(36)25-8-4-6-21(25)7-5-9-26-27(35)18-30-29(33-26)32-22-10-12-23(13-11-22)38-24-14-15-34(19-24)16-17-37-3/h10-13,18,20-21,24-25,35H,4-9,14-17,19H2,1-3H3,(H,31,36)(H,30,32,33)/t21?,24?,25-/m0/s1. The molecular weight excluding hydrogens is 482 g/mol. The number of carbonyl (C=O) groups is 1. The van der Waals surface area contributed by atoms with Crippen molar-refractivity contribution in [3.63, 3.8) is 0 Å². The first-order valence-corrected chi connectivity index (χ1v) is 14.0. The predicted molar refractivity (Wildman–Crippen MR) is 148 cm³/mol. The average molecular weight is 526 g/mol. The van der Waals surface area contributed by atoms with Crippen LogP contribution in [0.2, 0.25) is 0 Å². The number of benzene rings is 1. The fourth-order valence-corrected chi connectivity index (χ4v) is 5.56. The van der Waals surface area contributed by atoms with Gasteiger partial charge in [0.25, 0.3) is 0 Å². The number of hydrogen-bond acceptors (Lipinski definition) is 8. The SMILES string of the molecule is COCCN1CCC(Oc2ccc(Nc3ncc(O)c(CCCC4CCC[C@@H]4C(=O)NC(C)C)n3)cc2)C1. The lowest BCUT2D eigenvalue weighted by molar-refractivity contribution is -0.126. The summed E-state index contributed by atoms with van der Waals surface area (Å²) in [4.78, 5) is 23.7. The largest absolute Gasteiger partial charge is 0.504 e. The zero-order chi connectivity index (χ0) is 26.9.